The van der Waals surface area contributed by atoms with Crippen molar-refractivity contribution in [3.05, 3.63) is 88.8 Å². The number of hydrogen-bond acceptors (Lipinski definition) is 6. The predicted octanol–water partition coefficient (Wildman–Crippen LogP) is 6.14. The highest BCUT2D eigenvalue weighted by atomic mass is 32.2. The van der Waals surface area contributed by atoms with Crippen LogP contribution in [0.5, 0.6) is 11.5 Å². The molecule has 0 bridgehead atoms. The Bertz CT molecular complexity index is 1370. The van der Waals surface area contributed by atoms with Gasteiger partial charge in [-0.15, -0.1) is 0 Å². The fraction of sp³-hybridized carbons (Fsp3) is 0.115. The van der Waals surface area contributed by atoms with Crippen LogP contribution in [0.15, 0.2) is 77.7 Å². The van der Waals surface area contributed by atoms with Crippen LogP contribution in [0, 0.1) is 0 Å². The Morgan fingerprint density at radius 1 is 1.05 bits per heavy atom. The second-order valence-electron chi connectivity index (χ2n) is 7.70. The van der Waals surface area contributed by atoms with Crippen LogP contribution < -0.4 is 19.7 Å². The fourth-order valence-electron chi connectivity index (χ4n) is 3.38. The van der Waals surface area contributed by atoms with Crippen molar-refractivity contribution in [2.45, 2.75) is 6.18 Å². The minimum absolute atomic E-state index is 0.0423. The van der Waals surface area contributed by atoms with Gasteiger partial charge < -0.3 is 14.8 Å². The van der Waals surface area contributed by atoms with Crippen LogP contribution in [-0.4, -0.2) is 29.9 Å². The number of hydrogen-bond donors (Lipinski definition) is 1. The number of carbonyl (C=O) groups excluding carboxylic acids is 2. The largest absolute Gasteiger partial charge is 0.497 e. The van der Waals surface area contributed by atoms with Gasteiger partial charge in [0.2, 0.25) is 0 Å². The summed E-state index contributed by atoms with van der Waals surface area (Å²) in [6, 6.07) is 18.0. The van der Waals surface area contributed by atoms with E-state index in [4.69, 9.17) is 21.7 Å². The molecule has 1 aliphatic heterocycles. The molecule has 1 N–H and O–H groups in total. The molecule has 0 aromatic heterocycles. The van der Waals surface area contributed by atoms with E-state index in [1.54, 1.807) is 61.7 Å². The fourth-order valence-corrected chi connectivity index (χ4v) is 4.68. The molecule has 0 unspecified atom stereocenters. The minimum atomic E-state index is -4.54. The van der Waals surface area contributed by atoms with E-state index in [1.165, 1.54) is 12.1 Å². The third-order valence-corrected chi connectivity index (χ3v) is 6.43. The standard InChI is InChI=1S/C26H19F3N2O4S2/c1-34-20-10-8-18(9-11-20)30-23(32)15-35-21-7-2-4-16(12-21)13-22-24(33)31(25(36)37-22)19-6-3-5-17(14-19)26(27,28)29/h2-14H,15H2,1H3,(H,30,32)/b22-13-. The number of amides is 2. The zero-order valence-electron chi connectivity index (χ0n) is 19.2. The highest BCUT2D eigenvalue weighted by molar-refractivity contribution is 8.27. The molecule has 1 fully saturated rings. The monoisotopic (exact) mass is 544 g/mol. The van der Waals surface area contributed by atoms with Crippen molar-refractivity contribution in [3.63, 3.8) is 0 Å². The van der Waals surface area contributed by atoms with E-state index in [9.17, 15) is 22.8 Å². The number of carbonyl (C=O) groups is 2. The molecular formula is C26H19F3N2O4S2. The van der Waals surface area contributed by atoms with Crippen molar-refractivity contribution in [3.8, 4) is 11.5 Å². The summed E-state index contributed by atoms with van der Waals surface area (Å²) in [5.74, 6) is 0.168. The molecule has 0 atom stereocenters. The molecule has 37 heavy (non-hydrogen) atoms. The van der Waals surface area contributed by atoms with Gasteiger partial charge in [-0.25, -0.2) is 0 Å². The molecule has 1 heterocycles. The quantitative estimate of drug-likeness (QED) is 0.285. The highest BCUT2D eigenvalue weighted by Crippen LogP contribution is 2.38. The number of ether oxygens (including phenoxy) is 2. The second kappa shape index (κ2) is 11.1. The molecule has 0 aliphatic carbocycles. The molecule has 0 radical (unpaired) electrons. The Morgan fingerprint density at radius 2 is 1.78 bits per heavy atom. The van der Waals surface area contributed by atoms with Gasteiger partial charge in [-0.2, -0.15) is 13.2 Å². The second-order valence-corrected chi connectivity index (χ2v) is 9.38. The lowest BCUT2D eigenvalue weighted by Crippen LogP contribution is -2.27. The van der Waals surface area contributed by atoms with Crippen LogP contribution in [-0.2, 0) is 15.8 Å². The molecule has 0 spiro atoms. The topological polar surface area (TPSA) is 67.9 Å². The zero-order valence-corrected chi connectivity index (χ0v) is 20.9. The van der Waals surface area contributed by atoms with Crippen LogP contribution in [0.25, 0.3) is 6.08 Å². The summed E-state index contributed by atoms with van der Waals surface area (Å²) in [5.41, 5.74) is 0.355. The van der Waals surface area contributed by atoms with E-state index < -0.39 is 17.6 Å². The number of rotatable bonds is 7. The summed E-state index contributed by atoms with van der Waals surface area (Å²) >= 11 is 6.25. The summed E-state index contributed by atoms with van der Waals surface area (Å²) in [6.07, 6.45) is -2.98. The summed E-state index contributed by atoms with van der Waals surface area (Å²) in [6.45, 7) is -0.243. The van der Waals surface area contributed by atoms with Crippen LogP contribution >= 0.6 is 24.0 Å². The number of thiocarbonyl (C=S) groups is 1. The molecule has 11 heteroatoms. The summed E-state index contributed by atoms with van der Waals surface area (Å²) in [5, 5.41) is 2.71. The number of nitrogens with one attached hydrogen (secondary N) is 1. The number of alkyl halides is 3. The van der Waals surface area contributed by atoms with Gasteiger partial charge in [0, 0.05) is 5.69 Å². The lowest BCUT2D eigenvalue weighted by Gasteiger charge is -2.16. The number of anilines is 2. The van der Waals surface area contributed by atoms with Crippen molar-refractivity contribution in [2.75, 3.05) is 23.9 Å². The van der Waals surface area contributed by atoms with Crippen molar-refractivity contribution in [1.29, 1.82) is 0 Å². The van der Waals surface area contributed by atoms with Gasteiger partial charge in [0.05, 0.1) is 23.3 Å². The van der Waals surface area contributed by atoms with Gasteiger partial charge in [0.1, 0.15) is 11.5 Å². The number of benzene rings is 3. The first-order valence-corrected chi connectivity index (χ1v) is 12.0. The zero-order chi connectivity index (χ0) is 26.6. The lowest BCUT2D eigenvalue weighted by atomic mass is 10.1. The highest BCUT2D eigenvalue weighted by Gasteiger charge is 2.36. The summed E-state index contributed by atoms with van der Waals surface area (Å²) in [4.78, 5) is 26.5. The molecule has 3 aromatic carbocycles. The maximum atomic E-state index is 13.1. The van der Waals surface area contributed by atoms with Gasteiger partial charge in [-0.3, -0.25) is 14.5 Å². The van der Waals surface area contributed by atoms with Crippen LogP contribution in [0.2, 0.25) is 0 Å². The number of halogens is 3. The van der Waals surface area contributed by atoms with Crippen LogP contribution in [0.4, 0.5) is 24.5 Å². The first-order valence-electron chi connectivity index (χ1n) is 10.8. The Labute approximate surface area is 220 Å². The van der Waals surface area contributed by atoms with E-state index in [-0.39, 0.29) is 27.4 Å². The van der Waals surface area contributed by atoms with E-state index in [0.717, 1.165) is 28.8 Å². The first-order chi connectivity index (χ1) is 17.6. The first kappa shape index (κ1) is 26.2. The van der Waals surface area contributed by atoms with Crippen LogP contribution in [0.1, 0.15) is 11.1 Å². The maximum absolute atomic E-state index is 13.1. The van der Waals surface area contributed by atoms with E-state index in [0.29, 0.717) is 22.7 Å². The third-order valence-electron chi connectivity index (χ3n) is 5.12. The molecule has 3 aromatic rings. The van der Waals surface area contributed by atoms with Gasteiger partial charge in [0.25, 0.3) is 11.8 Å². The Morgan fingerprint density at radius 3 is 2.49 bits per heavy atom. The maximum Gasteiger partial charge on any atom is 0.416 e. The van der Waals surface area contributed by atoms with Gasteiger partial charge in [0.15, 0.2) is 10.9 Å². The Hall–Kier alpha value is -3.83. The molecule has 2 amide bonds. The van der Waals surface area contributed by atoms with E-state index in [2.05, 4.69) is 5.32 Å². The number of methoxy groups -OCH3 is 1. The SMILES string of the molecule is COc1ccc(NC(=O)COc2cccc(/C=C3\SC(=S)N(c4cccc(C(F)(F)F)c4)C3=O)c2)cc1. The van der Waals surface area contributed by atoms with E-state index in [1.807, 2.05) is 0 Å². The van der Waals surface area contributed by atoms with Crippen molar-refractivity contribution < 1.29 is 32.2 Å². The summed E-state index contributed by atoms with van der Waals surface area (Å²) in [7, 11) is 1.55. The van der Waals surface area contributed by atoms with Gasteiger partial charge in [-0.05, 0) is 66.2 Å². The smallest absolute Gasteiger partial charge is 0.416 e. The third kappa shape index (κ3) is 6.49. The molecule has 1 saturated heterocycles. The van der Waals surface area contributed by atoms with Crippen molar-refractivity contribution >= 4 is 57.6 Å². The average Bonchev–Trinajstić information content (AvgIpc) is 3.15. The molecule has 190 valence electrons. The summed E-state index contributed by atoms with van der Waals surface area (Å²) < 4.78 is 50.1. The van der Waals surface area contributed by atoms with E-state index >= 15 is 0 Å². The Balaban J connectivity index is 1.42. The normalized spacial score (nSPS) is 14.7. The molecule has 0 saturated carbocycles. The predicted molar refractivity (Wildman–Crippen MR) is 141 cm³/mol. The van der Waals surface area contributed by atoms with Crippen molar-refractivity contribution in [1.82, 2.24) is 0 Å². The van der Waals surface area contributed by atoms with Crippen molar-refractivity contribution in [2.24, 2.45) is 0 Å². The average molecular weight is 545 g/mol. The lowest BCUT2D eigenvalue weighted by molar-refractivity contribution is -0.137. The van der Waals surface area contributed by atoms with Gasteiger partial charge in [-0.1, -0.05) is 42.2 Å². The number of nitrogens with zero attached hydrogens (tertiary/aromatic N) is 1. The Kier molecular flexibility index (Phi) is 7.84. The van der Waals surface area contributed by atoms with Gasteiger partial charge >= 0.3 is 6.18 Å². The molecule has 6 nitrogen and oxygen atoms in total. The molecule has 1 aliphatic rings. The number of thioether (sulfide) groups is 1. The molecule has 4 rings (SSSR count). The minimum Gasteiger partial charge on any atom is -0.497 e. The van der Waals surface area contributed by atoms with Crippen LogP contribution in [0.3, 0.4) is 0 Å². The molecular weight excluding hydrogens is 525 g/mol.